The topological polar surface area (TPSA) is 37.8 Å². The predicted molar refractivity (Wildman–Crippen MR) is 82.6 cm³/mol. The minimum absolute atomic E-state index is 0.905. The first kappa shape index (κ1) is 13.6. The highest BCUT2D eigenvalue weighted by Crippen LogP contribution is 2.26. The van der Waals surface area contributed by atoms with Gasteiger partial charge in [-0.1, -0.05) is 13.8 Å². The Morgan fingerprint density at radius 2 is 2.17 bits per heavy atom. The van der Waals surface area contributed by atoms with E-state index in [1.807, 2.05) is 11.8 Å². The molecule has 0 aliphatic rings. The second-order valence-electron chi connectivity index (χ2n) is 4.11. The lowest BCUT2D eigenvalue weighted by Gasteiger charge is -2.07. The summed E-state index contributed by atoms with van der Waals surface area (Å²) in [6, 6.07) is 2.10. The van der Waals surface area contributed by atoms with Gasteiger partial charge in [-0.25, -0.2) is 9.97 Å². The summed E-state index contributed by atoms with van der Waals surface area (Å²) in [4.78, 5) is 10.4. The highest BCUT2D eigenvalue weighted by Gasteiger charge is 2.08. The lowest BCUT2D eigenvalue weighted by molar-refractivity contribution is 0.961. The van der Waals surface area contributed by atoms with Gasteiger partial charge in [0.25, 0.3) is 0 Å². The molecule has 2 aromatic heterocycles. The zero-order valence-corrected chi connectivity index (χ0v) is 12.5. The van der Waals surface area contributed by atoms with E-state index in [2.05, 4.69) is 40.6 Å². The Morgan fingerprint density at radius 3 is 2.94 bits per heavy atom. The smallest absolute Gasteiger partial charge is 0.142 e. The second-order valence-corrected chi connectivity index (χ2v) is 6.11. The Labute approximate surface area is 116 Å². The van der Waals surface area contributed by atoms with E-state index < -0.39 is 0 Å². The summed E-state index contributed by atoms with van der Waals surface area (Å²) >= 11 is 3.59. The number of hydrogen-bond donors (Lipinski definition) is 1. The Bertz CT molecular complexity index is 496. The van der Waals surface area contributed by atoms with E-state index in [1.54, 1.807) is 11.3 Å². The van der Waals surface area contributed by atoms with Crippen molar-refractivity contribution < 1.29 is 0 Å². The molecule has 0 radical (unpaired) electrons. The summed E-state index contributed by atoms with van der Waals surface area (Å²) in [5, 5.41) is 6.63. The molecule has 0 unspecified atom stereocenters. The van der Waals surface area contributed by atoms with Gasteiger partial charge >= 0.3 is 0 Å². The van der Waals surface area contributed by atoms with Crippen molar-refractivity contribution in [3.63, 3.8) is 0 Å². The van der Waals surface area contributed by atoms with E-state index in [0.29, 0.717) is 0 Å². The Balaban J connectivity index is 2.20. The van der Waals surface area contributed by atoms with E-state index in [9.17, 15) is 0 Å². The summed E-state index contributed by atoms with van der Waals surface area (Å²) in [5.74, 6) is 4.02. The van der Waals surface area contributed by atoms with E-state index in [1.165, 1.54) is 12.2 Å². The molecule has 0 aliphatic carbocycles. The van der Waals surface area contributed by atoms with Crippen LogP contribution in [0.2, 0.25) is 0 Å². The van der Waals surface area contributed by atoms with Crippen molar-refractivity contribution >= 4 is 39.1 Å². The average Bonchev–Trinajstić information content (AvgIpc) is 2.84. The molecule has 1 N–H and O–H groups in total. The largest absolute Gasteiger partial charge is 0.369 e. The molecule has 3 nitrogen and oxygen atoms in total. The zero-order chi connectivity index (χ0) is 12.8. The van der Waals surface area contributed by atoms with Crippen molar-refractivity contribution in [3.05, 3.63) is 17.3 Å². The van der Waals surface area contributed by atoms with Crippen molar-refractivity contribution in [1.82, 2.24) is 9.97 Å². The summed E-state index contributed by atoms with van der Waals surface area (Å²) < 4.78 is 0. The van der Waals surface area contributed by atoms with Crippen molar-refractivity contribution in [2.75, 3.05) is 17.6 Å². The van der Waals surface area contributed by atoms with Crippen LogP contribution < -0.4 is 5.32 Å². The van der Waals surface area contributed by atoms with Gasteiger partial charge in [0.05, 0.1) is 11.1 Å². The third kappa shape index (κ3) is 3.36. The summed E-state index contributed by atoms with van der Waals surface area (Å²) in [6.07, 6.45) is 2.31. The van der Waals surface area contributed by atoms with Gasteiger partial charge in [0.1, 0.15) is 16.5 Å². The number of aromatic nitrogens is 2. The minimum atomic E-state index is 0.905. The molecule has 0 fully saturated rings. The van der Waals surface area contributed by atoms with Crippen LogP contribution in [-0.2, 0) is 5.75 Å². The fraction of sp³-hybridized carbons (Fsp3) is 0.538. The molecular weight excluding hydrogens is 262 g/mol. The molecule has 0 saturated carbocycles. The third-order valence-electron chi connectivity index (χ3n) is 2.49. The summed E-state index contributed by atoms with van der Waals surface area (Å²) in [7, 11) is 0. The first-order valence-electron chi connectivity index (χ1n) is 6.40. The van der Waals surface area contributed by atoms with Gasteiger partial charge in [-0.15, -0.1) is 11.3 Å². The molecule has 0 aliphatic heterocycles. The second kappa shape index (κ2) is 6.95. The molecule has 2 aromatic rings. The molecule has 0 aromatic carbocycles. The molecular formula is C13H19N3S2. The van der Waals surface area contributed by atoms with Crippen LogP contribution >= 0.6 is 23.1 Å². The maximum Gasteiger partial charge on any atom is 0.142 e. The van der Waals surface area contributed by atoms with Gasteiger partial charge in [-0.05, 0) is 30.0 Å². The van der Waals surface area contributed by atoms with E-state index in [4.69, 9.17) is 0 Å². The number of nitrogens with one attached hydrogen (secondary N) is 1. The van der Waals surface area contributed by atoms with Crippen LogP contribution in [0.15, 0.2) is 11.4 Å². The number of thiophene rings is 1. The quantitative estimate of drug-likeness (QED) is 0.773. The molecule has 0 saturated heterocycles. The molecule has 5 heteroatoms. The highest BCUT2D eigenvalue weighted by molar-refractivity contribution is 7.98. The molecule has 0 atom stereocenters. The highest BCUT2D eigenvalue weighted by atomic mass is 32.2. The van der Waals surface area contributed by atoms with Gasteiger partial charge in [-0.2, -0.15) is 11.8 Å². The van der Waals surface area contributed by atoms with Crippen LogP contribution in [0, 0.1) is 0 Å². The molecule has 0 spiro atoms. The summed E-state index contributed by atoms with van der Waals surface area (Å²) in [5.41, 5.74) is 0. The molecule has 0 bridgehead atoms. The van der Waals surface area contributed by atoms with Crippen molar-refractivity contribution in [2.24, 2.45) is 0 Å². The van der Waals surface area contributed by atoms with Crippen LogP contribution in [0.4, 0.5) is 5.82 Å². The van der Waals surface area contributed by atoms with Crippen molar-refractivity contribution in [3.8, 4) is 0 Å². The maximum atomic E-state index is 4.65. The number of fused-ring (bicyclic) bond motifs is 1. The standard InChI is InChI=1S/C13H19N3S2/c1-3-6-14-12-10-5-8-18-13(10)16-11(15-12)9-17-7-4-2/h5,8H,3-4,6-7,9H2,1-2H3,(H,14,15,16). The monoisotopic (exact) mass is 281 g/mol. The van der Waals surface area contributed by atoms with Gasteiger partial charge in [0.15, 0.2) is 0 Å². The number of nitrogens with zero attached hydrogens (tertiary/aromatic N) is 2. The SMILES string of the molecule is CCCNc1nc(CSCCC)nc2sccc12. The number of hydrogen-bond acceptors (Lipinski definition) is 5. The van der Waals surface area contributed by atoms with E-state index in [0.717, 1.165) is 40.6 Å². The van der Waals surface area contributed by atoms with Crippen LogP contribution in [0.5, 0.6) is 0 Å². The van der Waals surface area contributed by atoms with E-state index in [-0.39, 0.29) is 0 Å². The normalized spacial score (nSPS) is 11.0. The Hall–Kier alpha value is -0.810. The predicted octanol–water partition coefficient (Wildman–Crippen LogP) is 4.16. The minimum Gasteiger partial charge on any atom is -0.369 e. The fourth-order valence-corrected chi connectivity index (χ4v) is 3.18. The number of thioether (sulfide) groups is 1. The van der Waals surface area contributed by atoms with Gasteiger partial charge in [0.2, 0.25) is 0 Å². The zero-order valence-electron chi connectivity index (χ0n) is 10.9. The fourth-order valence-electron chi connectivity index (χ4n) is 1.65. The Morgan fingerprint density at radius 1 is 1.28 bits per heavy atom. The van der Waals surface area contributed by atoms with Crippen molar-refractivity contribution in [2.45, 2.75) is 32.4 Å². The lowest BCUT2D eigenvalue weighted by Crippen LogP contribution is -2.05. The molecule has 18 heavy (non-hydrogen) atoms. The number of anilines is 1. The average molecular weight is 281 g/mol. The van der Waals surface area contributed by atoms with E-state index >= 15 is 0 Å². The van der Waals surface area contributed by atoms with Gasteiger partial charge < -0.3 is 5.32 Å². The molecule has 2 heterocycles. The lowest BCUT2D eigenvalue weighted by atomic mass is 10.3. The van der Waals surface area contributed by atoms with Crippen LogP contribution in [0.25, 0.3) is 10.2 Å². The Kier molecular flexibility index (Phi) is 5.26. The van der Waals surface area contributed by atoms with Gasteiger partial charge in [-0.3, -0.25) is 0 Å². The van der Waals surface area contributed by atoms with Crippen LogP contribution in [0.3, 0.4) is 0 Å². The van der Waals surface area contributed by atoms with Gasteiger partial charge in [0, 0.05) is 6.54 Å². The van der Waals surface area contributed by atoms with Crippen LogP contribution in [-0.4, -0.2) is 22.3 Å². The maximum absolute atomic E-state index is 4.65. The van der Waals surface area contributed by atoms with Crippen molar-refractivity contribution in [1.29, 1.82) is 0 Å². The first-order chi connectivity index (χ1) is 8.85. The number of rotatable bonds is 7. The third-order valence-corrected chi connectivity index (χ3v) is 4.46. The molecule has 0 amide bonds. The first-order valence-corrected chi connectivity index (χ1v) is 8.44. The molecule has 98 valence electrons. The summed E-state index contributed by atoms with van der Waals surface area (Å²) in [6.45, 7) is 5.32. The molecule has 2 rings (SSSR count). The van der Waals surface area contributed by atoms with Crippen LogP contribution in [0.1, 0.15) is 32.5 Å².